The van der Waals surface area contributed by atoms with Crippen LogP contribution in [0.25, 0.3) is 0 Å². The van der Waals surface area contributed by atoms with E-state index in [-0.39, 0.29) is 39.0 Å². The van der Waals surface area contributed by atoms with E-state index in [2.05, 4.69) is 10.6 Å². The third-order valence-electron chi connectivity index (χ3n) is 5.74. The van der Waals surface area contributed by atoms with Gasteiger partial charge in [-0.1, -0.05) is 18.2 Å². The van der Waals surface area contributed by atoms with Crippen molar-refractivity contribution in [3.63, 3.8) is 0 Å². The number of benzene rings is 2. The van der Waals surface area contributed by atoms with Crippen molar-refractivity contribution in [2.24, 2.45) is 0 Å². The Labute approximate surface area is 189 Å². The van der Waals surface area contributed by atoms with E-state index in [0.29, 0.717) is 23.0 Å². The molecule has 0 aliphatic carbocycles. The molecule has 1 fully saturated rings. The molecule has 3 aliphatic heterocycles. The molecular weight excluding hydrogens is 430 g/mol. The Balaban J connectivity index is 1.16. The lowest BCUT2D eigenvalue weighted by Crippen LogP contribution is -2.48. The first kappa shape index (κ1) is 20.9. The van der Waals surface area contributed by atoms with Gasteiger partial charge in [-0.3, -0.25) is 14.5 Å². The van der Waals surface area contributed by atoms with Crippen molar-refractivity contribution in [1.82, 2.24) is 15.5 Å². The Morgan fingerprint density at radius 2 is 1.85 bits per heavy atom. The first-order chi connectivity index (χ1) is 15.9. The minimum Gasteiger partial charge on any atom is -0.486 e. The molecule has 3 aliphatic rings. The van der Waals surface area contributed by atoms with Crippen molar-refractivity contribution in [3.8, 4) is 23.0 Å². The van der Waals surface area contributed by atoms with Crippen LogP contribution in [0.5, 0.6) is 23.0 Å². The second-order valence-corrected chi connectivity index (χ2v) is 8.32. The molecule has 0 saturated carbocycles. The number of nitrogens with zero attached hydrogens (tertiary/aromatic N) is 1. The number of para-hydroxylation sites is 2. The molecule has 33 heavy (non-hydrogen) atoms. The van der Waals surface area contributed by atoms with Crippen LogP contribution in [0, 0.1) is 0 Å². The molecule has 3 heterocycles. The van der Waals surface area contributed by atoms with E-state index >= 15 is 0 Å². The van der Waals surface area contributed by atoms with Crippen LogP contribution in [0.15, 0.2) is 42.5 Å². The summed E-state index contributed by atoms with van der Waals surface area (Å²) in [5.74, 6) is 1.57. The van der Waals surface area contributed by atoms with Gasteiger partial charge >= 0.3 is 6.03 Å². The van der Waals surface area contributed by atoms with Crippen molar-refractivity contribution in [3.05, 3.63) is 48.0 Å². The van der Waals surface area contributed by atoms with Crippen LogP contribution < -0.4 is 29.6 Å². The fourth-order valence-electron chi connectivity index (χ4n) is 4.06. The van der Waals surface area contributed by atoms with Crippen molar-refractivity contribution >= 4 is 17.8 Å². The maximum absolute atomic E-state index is 13.0. The van der Waals surface area contributed by atoms with Crippen LogP contribution in [-0.4, -0.2) is 60.9 Å². The van der Waals surface area contributed by atoms with Crippen LogP contribution in [-0.2, 0) is 16.0 Å². The second-order valence-electron chi connectivity index (χ2n) is 8.32. The number of nitrogens with one attached hydrogen (secondary N) is 2. The van der Waals surface area contributed by atoms with Crippen LogP contribution in [0.4, 0.5) is 4.79 Å². The summed E-state index contributed by atoms with van der Waals surface area (Å²) in [5.41, 5.74) is -0.369. The van der Waals surface area contributed by atoms with Gasteiger partial charge in [-0.15, -0.1) is 0 Å². The monoisotopic (exact) mass is 453 g/mol. The van der Waals surface area contributed by atoms with E-state index in [4.69, 9.17) is 18.9 Å². The number of hydrogen-bond donors (Lipinski definition) is 2. The molecule has 2 N–H and O–H groups in total. The van der Waals surface area contributed by atoms with E-state index in [1.807, 2.05) is 24.3 Å². The van der Waals surface area contributed by atoms with Gasteiger partial charge in [0.25, 0.3) is 5.91 Å². The predicted octanol–water partition coefficient (Wildman–Crippen LogP) is 1.22. The third kappa shape index (κ3) is 4.11. The highest BCUT2D eigenvalue weighted by Gasteiger charge is 2.48. The normalized spacial score (nSPS) is 22.8. The highest BCUT2D eigenvalue weighted by Crippen LogP contribution is 2.34. The molecule has 5 rings (SSSR count). The largest absolute Gasteiger partial charge is 0.486 e. The smallest absolute Gasteiger partial charge is 0.325 e. The summed E-state index contributed by atoms with van der Waals surface area (Å²) >= 11 is 0. The summed E-state index contributed by atoms with van der Waals surface area (Å²) in [6.07, 6.45) is -0.123. The lowest BCUT2D eigenvalue weighted by atomic mass is 9.92. The molecule has 0 spiro atoms. The van der Waals surface area contributed by atoms with Crippen LogP contribution in [0.1, 0.15) is 12.5 Å². The van der Waals surface area contributed by atoms with Crippen LogP contribution >= 0.6 is 0 Å². The number of amides is 4. The molecule has 0 bridgehead atoms. The maximum atomic E-state index is 13.0. The zero-order chi connectivity index (χ0) is 23.0. The molecule has 0 unspecified atom stereocenters. The average molecular weight is 453 g/mol. The maximum Gasteiger partial charge on any atom is 0.325 e. The number of imide groups is 1. The summed E-state index contributed by atoms with van der Waals surface area (Å²) < 4.78 is 22.1. The van der Waals surface area contributed by atoms with Gasteiger partial charge in [0.05, 0.1) is 6.54 Å². The molecule has 10 nitrogen and oxygen atoms in total. The Morgan fingerprint density at radius 1 is 1.09 bits per heavy atom. The summed E-state index contributed by atoms with van der Waals surface area (Å²) in [5, 5.41) is 5.42. The molecule has 172 valence electrons. The number of urea groups is 1. The lowest BCUT2D eigenvalue weighted by Gasteiger charge is -2.26. The Morgan fingerprint density at radius 3 is 2.70 bits per heavy atom. The van der Waals surface area contributed by atoms with Gasteiger partial charge in [0.15, 0.2) is 23.0 Å². The van der Waals surface area contributed by atoms with E-state index in [1.54, 1.807) is 25.1 Å². The molecule has 2 atom stereocenters. The zero-order valence-electron chi connectivity index (χ0n) is 18.0. The van der Waals surface area contributed by atoms with Gasteiger partial charge in [0, 0.05) is 6.42 Å². The highest BCUT2D eigenvalue weighted by atomic mass is 16.7. The Hall–Kier alpha value is -3.95. The van der Waals surface area contributed by atoms with Crippen molar-refractivity contribution in [2.45, 2.75) is 25.0 Å². The summed E-state index contributed by atoms with van der Waals surface area (Å²) in [4.78, 5) is 38.9. The SMILES string of the molecule is C[C@@]1(Cc2ccc3c(c2)OCO3)NC(=O)N(CC(=O)NC[C@@H]2COc3ccccc3O2)C1=O. The first-order valence-electron chi connectivity index (χ1n) is 10.6. The van der Waals surface area contributed by atoms with Crippen molar-refractivity contribution in [2.75, 3.05) is 26.5 Å². The van der Waals surface area contributed by atoms with Gasteiger partial charge in [-0.25, -0.2) is 4.79 Å². The molecule has 2 aromatic carbocycles. The third-order valence-corrected chi connectivity index (χ3v) is 5.74. The van der Waals surface area contributed by atoms with Gasteiger partial charge < -0.3 is 29.6 Å². The summed E-state index contributed by atoms with van der Waals surface area (Å²) in [6.45, 7) is 1.88. The van der Waals surface area contributed by atoms with Crippen molar-refractivity contribution in [1.29, 1.82) is 0 Å². The molecule has 4 amide bonds. The van der Waals surface area contributed by atoms with Crippen LogP contribution in [0.2, 0.25) is 0 Å². The van der Waals surface area contributed by atoms with Crippen LogP contribution in [0.3, 0.4) is 0 Å². The number of fused-ring (bicyclic) bond motifs is 2. The highest BCUT2D eigenvalue weighted by molar-refractivity contribution is 6.08. The number of hydrogen-bond acceptors (Lipinski definition) is 7. The predicted molar refractivity (Wildman–Crippen MR) is 114 cm³/mol. The molecule has 10 heteroatoms. The number of carbonyl (C=O) groups excluding carboxylic acids is 3. The average Bonchev–Trinajstić information content (AvgIpc) is 3.35. The minimum absolute atomic E-state index is 0.152. The molecule has 2 aromatic rings. The molecular formula is C23H23N3O7. The van der Waals surface area contributed by atoms with E-state index in [9.17, 15) is 14.4 Å². The topological polar surface area (TPSA) is 115 Å². The van der Waals surface area contributed by atoms with E-state index < -0.39 is 23.4 Å². The fraction of sp³-hybridized carbons (Fsp3) is 0.348. The zero-order valence-corrected chi connectivity index (χ0v) is 18.0. The first-order valence-corrected chi connectivity index (χ1v) is 10.6. The van der Waals surface area contributed by atoms with E-state index in [0.717, 1.165) is 10.5 Å². The minimum atomic E-state index is -1.17. The Kier molecular flexibility index (Phi) is 5.20. The number of ether oxygens (including phenoxy) is 4. The fourth-order valence-corrected chi connectivity index (χ4v) is 4.06. The quantitative estimate of drug-likeness (QED) is 0.632. The van der Waals surface area contributed by atoms with E-state index in [1.165, 1.54) is 0 Å². The van der Waals surface area contributed by atoms with Gasteiger partial charge in [-0.05, 0) is 36.8 Å². The molecule has 1 saturated heterocycles. The summed E-state index contributed by atoms with van der Waals surface area (Å²) in [6, 6.07) is 12.0. The molecule has 0 radical (unpaired) electrons. The second kappa shape index (κ2) is 8.19. The van der Waals surface area contributed by atoms with Gasteiger partial charge in [-0.2, -0.15) is 0 Å². The van der Waals surface area contributed by atoms with Gasteiger partial charge in [0.1, 0.15) is 24.8 Å². The summed E-state index contributed by atoms with van der Waals surface area (Å²) in [7, 11) is 0. The standard InChI is InChI=1S/C23H23N3O7/c1-23(9-14-6-7-17-19(8-14)32-13-31-17)21(28)26(22(29)25-23)11-20(27)24-10-15-12-30-16-4-2-3-5-18(16)33-15/h2-8,15H,9-13H2,1H3,(H,24,27)(H,25,29)/t15-,23+/m1/s1. The van der Waals surface area contributed by atoms with Gasteiger partial charge in [0.2, 0.25) is 12.7 Å². The van der Waals surface area contributed by atoms with Crippen molar-refractivity contribution < 1.29 is 33.3 Å². The Bertz CT molecular complexity index is 1120. The number of carbonyl (C=O) groups is 3. The lowest BCUT2D eigenvalue weighted by molar-refractivity contribution is -0.134. The number of rotatable bonds is 6. The molecule has 0 aromatic heterocycles.